The molecule has 114 valence electrons. The lowest BCUT2D eigenvalue weighted by atomic mass is 10.1. The first-order chi connectivity index (χ1) is 9.94. The fraction of sp³-hybridized carbons (Fsp3) is 0.471. The van der Waals surface area contributed by atoms with Gasteiger partial charge in [-0.05, 0) is 62.2 Å². The SMILES string of the molecule is Cc1ccc(OCCc2ccsc2)c(CNC(C)(C)C)n1. The van der Waals surface area contributed by atoms with E-state index in [1.807, 2.05) is 19.1 Å². The lowest BCUT2D eigenvalue weighted by Crippen LogP contribution is -2.35. The zero-order valence-electron chi connectivity index (χ0n) is 13.3. The Morgan fingerprint density at radius 2 is 2.05 bits per heavy atom. The van der Waals surface area contributed by atoms with E-state index in [-0.39, 0.29) is 5.54 Å². The van der Waals surface area contributed by atoms with Gasteiger partial charge in [0.1, 0.15) is 5.75 Å². The van der Waals surface area contributed by atoms with Gasteiger partial charge in [0.2, 0.25) is 0 Å². The summed E-state index contributed by atoms with van der Waals surface area (Å²) in [5, 5.41) is 7.73. The molecule has 4 heteroatoms. The first kappa shape index (κ1) is 16.0. The van der Waals surface area contributed by atoms with Crippen molar-refractivity contribution in [2.24, 2.45) is 0 Å². The third kappa shape index (κ3) is 5.48. The molecule has 0 aliphatic carbocycles. The van der Waals surface area contributed by atoms with Crippen LogP contribution in [0.3, 0.4) is 0 Å². The fourth-order valence-corrected chi connectivity index (χ4v) is 2.62. The standard InChI is InChI=1S/C17H24N2OS/c1-13-5-6-16(15(19-13)11-18-17(2,3)4)20-9-7-14-8-10-21-12-14/h5-6,8,10,12,18H,7,9,11H2,1-4H3. The fourth-order valence-electron chi connectivity index (χ4n) is 1.92. The van der Waals surface area contributed by atoms with Gasteiger partial charge >= 0.3 is 0 Å². The summed E-state index contributed by atoms with van der Waals surface area (Å²) >= 11 is 1.72. The van der Waals surface area contributed by atoms with Crippen molar-refractivity contribution in [3.05, 3.63) is 45.9 Å². The molecule has 0 aliphatic rings. The van der Waals surface area contributed by atoms with Crippen LogP contribution >= 0.6 is 11.3 Å². The molecule has 0 amide bonds. The third-order valence-electron chi connectivity index (χ3n) is 3.09. The van der Waals surface area contributed by atoms with E-state index in [1.54, 1.807) is 11.3 Å². The van der Waals surface area contributed by atoms with Gasteiger partial charge in [-0.15, -0.1) is 0 Å². The van der Waals surface area contributed by atoms with Gasteiger partial charge in [-0.25, -0.2) is 0 Å². The third-order valence-corrected chi connectivity index (χ3v) is 3.82. The Morgan fingerprint density at radius 1 is 1.24 bits per heavy atom. The average Bonchev–Trinajstić information content (AvgIpc) is 2.91. The Hall–Kier alpha value is -1.39. The van der Waals surface area contributed by atoms with Crippen molar-refractivity contribution in [3.63, 3.8) is 0 Å². The van der Waals surface area contributed by atoms with Crippen LogP contribution in [-0.2, 0) is 13.0 Å². The van der Waals surface area contributed by atoms with Gasteiger partial charge in [-0.3, -0.25) is 4.98 Å². The minimum absolute atomic E-state index is 0.0688. The monoisotopic (exact) mass is 304 g/mol. The van der Waals surface area contributed by atoms with Crippen LogP contribution in [0, 0.1) is 6.92 Å². The van der Waals surface area contributed by atoms with E-state index in [1.165, 1.54) is 5.56 Å². The van der Waals surface area contributed by atoms with Crippen molar-refractivity contribution in [1.29, 1.82) is 0 Å². The van der Waals surface area contributed by atoms with Crippen LogP contribution in [0.2, 0.25) is 0 Å². The summed E-state index contributed by atoms with van der Waals surface area (Å²) in [7, 11) is 0. The summed E-state index contributed by atoms with van der Waals surface area (Å²) < 4.78 is 5.93. The van der Waals surface area contributed by atoms with Crippen molar-refractivity contribution >= 4 is 11.3 Å². The second-order valence-electron chi connectivity index (χ2n) is 6.23. The summed E-state index contributed by atoms with van der Waals surface area (Å²) in [4.78, 5) is 4.61. The molecule has 2 rings (SSSR count). The van der Waals surface area contributed by atoms with Crippen LogP contribution in [0.1, 0.15) is 37.7 Å². The van der Waals surface area contributed by atoms with Gasteiger partial charge in [0.15, 0.2) is 0 Å². The molecule has 2 aromatic rings. The number of nitrogens with zero attached hydrogens (tertiary/aromatic N) is 1. The molecular weight excluding hydrogens is 280 g/mol. The molecule has 0 saturated heterocycles. The van der Waals surface area contributed by atoms with E-state index in [4.69, 9.17) is 4.74 Å². The first-order valence-corrected chi connectivity index (χ1v) is 8.24. The molecule has 3 nitrogen and oxygen atoms in total. The molecule has 0 bridgehead atoms. The van der Waals surface area contributed by atoms with Crippen molar-refractivity contribution in [2.75, 3.05) is 6.61 Å². The van der Waals surface area contributed by atoms with E-state index in [0.717, 1.165) is 30.1 Å². The van der Waals surface area contributed by atoms with Gasteiger partial charge in [0.25, 0.3) is 0 Å². The van der Waals surface area contributed by atoms with Crippen LogP contribution in [0.15, 0.2) is 29.0 Å². The highest BCUT2D eigenvalue weighted by Gasteiger charge is 2.12. The molecule has 2 heterocycles. The van der Waals surface area contributed by atoms with Crippen molar-refractivity contribution in [3.8, 4) is 5.75 Å². The minimum Gasteiger partial charge on any atom is -0.491 e. The molecule has 2 aromatic heterocycles. The van der Waals surface area contributed by atoms with E-state index < -0.39 is 0 Å². The number of pyridine rings is 1. The molecule has 0 spiro atoms. The summed E-state index contributed by atoms with van der Waals surface area (Å²) in [6.45, 7) is 9.87. The van der Waals surface area contributed by atoms with Gasteiger partial charge in [-0.2, -0.15) is 11.3 Å². The largest absolute Gasteiger partial charge is 0.491 e. The number of hydrogen-bond acceptors (Lipinski definition) is 4. The molecule has 0 atom stereocenters. The highest BCUT2D eigenvalue weighted by atomic mass is 32.1. The predicted octanol–water partition coefficient (Wildman–Crippen LogP) is 3.96. The maximum atomic E-state index is 5.93. The summed E-state index contributed by atoms with van der Waals surface area (Å²) in [5.74, 6) is 0.882. The number of rotatable bonds is 6. The number of ether oxygens (including phenoxy) is 1. The van der Waals surface area contributed by atoms with Gasteiger partial charge in [-0.1, -0.05) is 0 Å². The van der Waals surface area contributed by atoms with E-state index in [2.05, 4.69) is 47.9 Å². The lowest BCUT2D eigenvalue weighted by Gasteiger charge is -2.21. The van der Waals surface area contributed by atoms with Crippen molar-refractivity contribution < 1.29 is 4.74 Å². The maximum Gasteiger partial charge on any atom is 0.142 e. The van der Waals surface area contributed by atoms with Crippen LogP contribution < -0.4 is 10.1 Å². The van der Waals surface area contributed by atoms with Gasteiger partial charge in [0.05, 0.1) is 12.3 Å². The molecule has 0 aromatic carbocycles. The normalized spacial score (nSPS) is 11.6. The van der Waals surface area contributed by atoms with Crippen LogP contribution in [-0.4, -0.2) is 17.1 Å². The molecular formula is C17H24N2OS. The molecule has 0 aliphatic heterocycles. The Kier molecular flexibility index (Phi) is 5.37. The minimum atomic E-state index is 0.0688. The Morgan fingerprint density at radius 3 is 2.71 bits per heavy atom. The summed E-state index contributed by atoms with van der Waals surface area (Å²) in [6, 6.07) is 6.17. The summed E-state index contributed by atoms with van der Waals surface area (Å²) in [6.07, 6.45) is 0.934. The number of hydrogen-bond donors (Lipinski definition) is 1. The van der Waals surface area contributed by atoms with E-state index >= 15 is 0 Å². The first-order valence-electron chi connectivity index (χ1n) is 7.29. The summed E-state index contributed by atoms with van der Waals surface area (Å²) in [5.41, 5.74) is 3.40. The maximum absolute atomic E-state index is 5.93. The smallest absolute Gasteiger partial charge is 0.142 e. The number of aromatic nitrogens is 1. The van der Waals surface area contributed by atoms with E-state index in [9.17, 15) is 0 Å². The topological polar surface area (TPSA) is 34.1 Å². The molecule has 0 unspecified atom stereocenters. The highest BCUT2D eigenvalue weighted by Crippen LogP contribution is 2.18. The quantitative estimate of drug-likeness (QED) is 0.877. The molecule has 0 fully saturated rings. The number of nitrogens with one attached hydrogen (secondary N) is 1. The van der Waals surface area contributed by atoms with Crippen LogP contribution in [0.25, 0.3) is 0 Å². The number of thiophene rings is 1. The van der Waals surface area contributed by atoms with E-state index in [0.29, 0.717) is 6.61 Å². The number of aryl methyl sites for hydroxylation is 1. The second-order valence-corrected chi connectivity index (χ2v) is 7.01. The highest BCUT2D eigenvalue weighted by molar-refractivity contribution is 7.07. The Bertz CT molecular complexity index is 559. The molecule has 0 saturated carbocycles. The zero-order valence-corrected chi connectivity index (χ0v) is 14.1. The average molecular weight is 304 g/mol. The molecule has 1 N–H and O–H groups in total. The van der Waals surface area contributed by atoms with Crippen molar-refractivity contribution in [1.82, 2.24) is 10.3 Å². The second kappa shape index (κ2) is 7.05. The van der Waals surface area contributed by atoms with Crippen LogP contribution in [0.4, 0.5) is 0 Å². The zero-order chi connectivity index (χ0) is 15.3. The van der Waals surface area contributed by atoms with Gasteiger partial charge in [0, 0.05) is 24.2 Å². The van der Waals surface area contributed by atoms with Crippen LogP contribution in [0.5, 0.6) is 5.75 Å². The van der Waals surface area contributed by atoms with Crippen molar-refractivity contribution in [2.45, 2.75) is 46.2 Å². The Labute approximate surface area is 131 Å². The molecule has 21 heavy (non-hydrogen) atoms. The molecule has 0 radical (unpaired) electrons. The lowest BCUT2D eigenvalue weighted by molar-refractivity contribution is 0.313. The van der Waals surface area contributed by atoms with Gasteiger partial charge < -0.3 is 10.1 Å². The Balaban J connectivity index is 1.97. The predicted molar refractivity (Wildman–Crippen MR) is 89.1 cm³/mol.